The van der Waals surface area contributed by atoms with Gasteiger partial charge < -0.3 is 23.8 Å². The SMILES string of the molecule is CCOc1ccccc1N1CCN(C(=O)c2cc(-c3ccccc3)n(-c3cccc(OC)c3)c2C)CC1. The van der Waals surface area contributed by atoms with E-state index in [1.807, 2.05) is 85.5 Å². The van der Waals surface area contributed by atoms with E-state index in [1.165, 1.54) is 0 Å². The van der Waals surface area contributed by atoms with E-state index < -0.39 is 0 Å². The van der Waals surface area contributed by atoms with Crippen molar-refractivity contribution in [3.63, 3.8) is 0 Å². The molecular formula is C31H33N3O3. The van der Waals surface area contributed by atoms with Crippen molar-refractivity contribution in [3.8, 4) is 28.4 Å². The maximum Gasteiger partial charge on any atom is 0.255 e. The van der Waals surface area contributed by atoms with Gasteiger partial charge in [-0.25, -0.2) is 0 Å². The van der Waals surface area contributed by atoms with Gasteiger partial charge in [-0.05, 0) is 49.7 Å². The van der Waals surface area contributed by atoms with E-state index in [4.69, 9.17) is 9.47 Å². The van der Waals surface area contributed by atoms with Crippen LogP contribution < -0.4 is 14.4 Å². The summed E-state index contributed by atoms with van der Waals surface area (Å²) in [6.45, 7) is 7.48. The van der Waals surface area contributed by atoms with Crippen molar-refractivity contribution in [1.29, 1.82) is 0 Å². The molecule has 190 valence electrons. The summed E-state index contributed by atoms with van der Waals surface area (Å²) in [7, 11) is 1.67. The summed E-state index contributed by atoms with van der Waals surface area (Å²) in [5.41, 5.74) is 5.74. The van der Waals surface area contributed by atoms with Crippen LogP contribution in [0.3, 0.4) is 0 Å². The Hall–Kier alpha value is -4.19. The molecule has 1 aliphatic rings. The minimum Gasteiger partial charge on any atom is -0.497 e. The van der Waals surface area contributed by atoms with Gasteiger partial charge in [0.15, 0.2) is 0 Å². The Morgan fingerprint density at radius 1 is 0.865 bits per heavy atom. The fraction of sp³-hybridized carbons (Fsp3) is 0.258. The normalized spacial score (nSPS) is 13.5. The highest BCUT2D eigenvalue weighted by molar-refractivity contribution is 5.97. The maximum absolute atomic E-state index is 13.8. The van der Waals surface area contributed by atoms with E-state index >= 15 is 0 Å². The summed E-state index contributed by atoms with van der Waals surface area (Å²) in [5.74, 6) is 1.73. The number of rotatable bonds is 7. The number of ether oxygens (including phenoxy) is 2. The van der Waals surface area contributed by atoms with Gasteiger partial charge >= 0.3 is 0 Å². The van der Waals surface area contributed by atoms with Crippen LogP contribution in [0.15, 0.2) is 84.9 Å². The first kappa shape index (κ1) is 24.5. The number of anilines is 1. The average molecular weight is 496 g/mol. The number of hydrogen-bond acceptors (Lipinski definition) is 4. The molecule has 0 atom stereocenters. The molecule has 6 nitrogen and oxygen atoms in total. The van der Waals surface area contributed by atoms with Gasteiger partial charge in [0.1, 0.15) is 11.5 Å². The van der Waals surface area contributed by atoms with Crippen LogP contribution >= 0.6 is 0 Å². The second kappa shape index (κ2) is 10.8. The lowest BCUT2D eigenvalue weighted by Crippen LogP contribution is -2.49. The minimum atomic E-state index is 0.0640. The van der Waals surface area contributed by atoms with Crippen LogP contribution in [0, 0.1) is 6.92 Å². The molecule has 4 aromatic rings. The van der Waals surface area contributed by atoms with E-state index in [-0.39, 0.29) is 5.91 Å². The van der Waals surface area contributed by atoms with Crippen LogP contribution in [-0.4, -0.2) is 55.3 Å². The van der Waals surface area contributed by atoms with Crippen LogP contribution in [-0.2, 0) is 0 Å². The molecule has 0 spiro atoms. The van der Waals surface area contributed by atoms with Crippen LogP contribution in [0.5, 0.6) is 11.5 Å². The van der Waals surface area contributed by atoms with Gasteiger partial charge in [-0.3, -0.25) is 4.79 Å². The Morgan fingerprint density at radius 3 is 2.32 bits per heavy atom. The molecule has 0 bridgehead atoms. The number of carbonyl (C=O) groups excluding carboxylic acids is 1. The lowest BCUT2D eigenvalue weighted by molar-refractivity contribution is 0.0746. The standard InChI is InChI=1S/C31H33N3O3/c1-4-37-30-16-9-8-15-28(30)32-17-19-33(20-18-32)31(35)27-22-29(24-11-6-5-7-12-24)34(23(27)2)25-13-10-14-26(21-25)36-3/h5-16,21-22H,4,17-20H2,1-3H3. The number of amides is 1. The van der Waals surface area contributed by atoms with Crippen molar-refractivity contribution in [2.45, 2.75) is 13.8 Å². The van der Waals surface area contributed by atoms with Crippen molar-refractivity contribution in [1.82, 2.24) is 9.47 Å². The third kappa shape index (κ3) is 4.92. The van der Waals surface area contributed by atoms with Gasteiger partial charge in [-0.2, -0.15) is 0 Å². The lowest BCUT2D eigenvalue weighted by atomic mass is 10.1. The molecule has 1 aromatic heterocycles. The predicted molar refractivity (Wildman–Crippen MR) is 148 cm³/mol. The number of methoxy groups -OCH3 is 1. The maximum atomic E-state index is 13.8. The lowest BCUT2D eigenvalue weighted by Gasteiger charge is -2.36. The fourth-order valence-electron chi connectivity index (χ4n) is 5.04. The summed E-state index contributed by atoms with van der Waals surface area (Å²) in [4.78, 5) is 18.1. The molecule has 37 heavy (non-hydrogen) atoms. The molecule has 1 fully saturated rings. The van der Waals surface area contributed by atoms with Crippen LogP contribution in [0.1, 0.15) is 23.0 Å². The smallest absolute Gasteiger partial charge is 0.255 e. The Morgan fingerprint density at radius 2 is 1.59 bits per heavy atom. The Kier molecular flexibility index (Phi) is 7.17. The van der Waals surface area contributed by atoms with Crippen LogP contribution in [0.4, 0.5) is 5.69 Å². The predicted octanol–water partition coefficient (Wildman–Crippen LogP) is 5.82. The highest BCUT2D eigenvalue weighted by Crippen LogP contribution is 2.33. The molecule has 6 heteroatoms. The summed E-state index contributed by atoms with van der Waals surface area (Å²) in [6.07, 6.45) is 0. The van der Waals surface area contributed by atoms with Crippen molar-refractivity contribution < 1.29 is 14.3 Å². The number of para-hydroxylation sites is 2. The zero-order valence-corrected chi connectivity index (χ0v) is 21.7. The van der Waals surface area contributed by atoms with Crippen molar-refractivity contribution in [3.05, 3.63) is 96.2 Å². The molecule has 0 unspecified atom stereocenters. The monoisotopic (exact) mass is 495 g/mol. The third-order valence-electron chi connectivity index (χ3n) is 6.93. The first-order valence-electron chi connectivity index (χ1n) is 12.8. The largest absolute Gasteiger partial charge is 0.497 e. The summed E-state index contributed by atoms with van der Waals surface area (Å²) >= 11 is 0. The van der Waals surface area contributed by atoms with Gasteiger partial charge in [-0.1, -0.05) is 48.5 Å². The van der Waals surface area contributed by atoms with E-state index in [0.717, 1.165) is 58.5 Å². The molecule has 0 saturated carbocycles. The molecule has 5 rings (SSSR count). The van der Waals surface area contributed by atoms with Crippen molar-refractivity contribution >= 4 is 11.6 Å². The third-order valence-corrected chi connectivity index (χ3v) is 6.93. The summed E-state index contributed by atoms with van der Waals surface area (Å²) in [6, 6.07) is 28.3. The molecule has 1 amide bonds. The van der Waals surface area contributed by atoms with Crippen LogP contribution in [0.2, 0.25) is 0 Å². The molecule has 1 aliphatic heterocycles. The van der Waals surface area contributed by atoms with Crippen molar-refractivity contribution in [2.75, 3.05) is 44.8 Å². The number of aromatic nitrogens is 1. The Labute approximate surface area is 218 Å². The molecule has 3 aromatic carbocycles. The molecule has 0 radical (unpaired) electrons. The van der Waals surface area contributed by atoms with Crippen molar-refractivity contribution in [2.24, 2.45) is 0 Å². The number of hydrogen-bond donors (Lipinski definition) is 0. The van der Waals surface area contributed by atoms with Gasteiger partial charge in [0.2, 0.25) is 0 Å². The Bertz CT molecular complexity index is 1370. The quantitative estimate of drug-likeness (QED) is 0.324. The molecule has 2 heterocycles. The first-order valence-corrected chi connectivity index (χ1v) is 12.8. The molecular weight excluding hydrogens is 462 g/mol. The zero-order valence-electron chi connectivity index (χ0n) is 21.7. The van der Waals surface area contributed by atoms with E-state index in [0.29, 0.717) is 19.7 Å². The average Bonchev–Trinajstić information content (AvgIpc) is 3.30. The first-order chi connectivity index (χ1) is 18.1. The van der Waals surface area contributed by atoms with E-state index in [2.05, 4.69) is 27.7 Å². The highest BCUT2D eigenvalue weighted by atomic mass is 16.5. The second-order valence-electron chi connectivity index (χ2n) is 9.11. The van der Waals surface area contributed by atoms with Gasteiger partial charge in [0, 0.05) is 43.6 Å². The fourth-order valence-corrected chi connectivity index (χ4v) is 5.04. The second-order valence-corrected chi connectivity index (χ2v) is 9.11. The van der Waals surface area contributed by atoms with E-state index in [1.54, 1.807) is 7.11 Å². The Balaban J connectivity index is 1.44. The number of nitrogens with zero attached hydrogens (tertiary/aromatic N) is 3. The minimum absolute atomic E-state index is 0.0640. The van der Waals surface area contributed by atoms with Gasteiger partial charge in [0.05, 0.1) is 30.7 Å². The van der Waals surface area contributed by atoms with Crippen LogP contribution in [0.25, 0.3) is 16.9 Å². The van der Waals surface area contributed by atoms with E-state index in [9.17, 15) is 4.79 Å². The molecule has 0 aliphatic carbocycles. The number of piperazine rings is 1. The van der Waals surface area contributed by atoms with Gasteiger partial charge in [0.25, 0.3) is 5.91 Å². The molecule has 0 N–H and O–H groups in total. The number of benzene rings is 3. The van der Waals surface area contributed by atoms with Gasteiger partial charge in [-0.15, -0.1) is 0 Å². The summed E-state index contributed by atoms with van der Waals surface area (Å²) in [5, 5.41) is 0. The summed E-state index contributed by atoms with van der Waals surface area (Å²) < 4.78 is 13.5. The number of carbonyl (C=O) groups is 1. The highest BCUT2D eigenvalue weighted by Gasteiger charge is 2.27. The molecule has 1 saturated heterocycles. The topological polar surface area (TPSA) is 46.9 Å². The zero-order chi connectivity index (χ0) is 25.8.